The molecule has 140 valence electrons. The Kier molecular flexibility index (Phi) is 7.49. The van der Waals surface area contributed by atoms with Gasteiger partial charge in [-0.1, -0.05) is 48.8 Å². The molecule has 9 heteroatoms. The molecule has 1 aromatic carbocycles. The van der Waals surface area contributed by atoms with E-state index in [0.29, 0.717) is 26.8 Å². The van der Waals surface area contributed by atoms with Gasteiger partial charge in [-0.25, -0.2) is 0 Å². The lowest BCUT2D eigenvalue weighted by molar-refractivity contribution is -0.122. The molecule has 6 nitrogen and oxygen atoms in total. The summed E-state index contributed by atoms with van der Waals surface area (Å²) in [5, 5.41) is 14.2. The molecule has 1 aliphatic rings. The normalized spacial score (nSPS) is 19.2. The highest BCUT2D eigenvalue weighted by atomic mass is 35.5. The van der Waals surface area contributed by atoms with E-state index in [2.05, 4.69) is 34.7 Å². The molecule has 2 N–H and O–H groups in total. The number of halogens is 2. The first-order valence-corrected chi connectivity index (χ1v) is 9.71. The van der Waals surface area contributed by atoms with Gasteiger partial charge in [0.25, 0.3) is 0 Å². The summed E-state index contributed by atoms with van der Waals surface area (Å²) in [4.78, 5) is 24.2. The van der Waals surface area contributed by atoms with Crippen LogP contribution in [0.1, 0.15) is 33.6 Å². The monoisotopic (exact) mass is 414 g/mol. The Morgan fingerprint density at radius 1 is 1.38 bits per heavy atom. The van der Waals surface area contributed by atoms with Gasteiger partial charge in [0.1, 0.15) is 5.25 Å². The number of amidine groups is 1. The van der Waals surface area contributed by atoms with Crippen LogP contribution in [0.25, 0.3) is 0 Å². The van der Waals surface area contributed by atoms with E-state index in [4.69, 9.17) is 23.2 Å². The molecule has 0 spiro atoms. The molecule has 1 aromatic rings. The van der Waals surface area contributed by atoms with E-state index >= 15 is 0 Å². The van der Waals surface area contributed by atoms with Gasteiger partial charge in [0, 0.05) is 17.2 Å². The highest BCUT2D eigenvalue weighted by Crippen LogP contribution is 2.27. The van der Waals surface area contributed by atoms with Crippen LogP contribution < -0.4 is 10.6 Å². The van der Waals surface area contributed by atoms with E-state index < -0.39 is 5.25 Å². The van der Waals surface area contributed by atoms with Crippen LogP contribution in [0.15, 0.2) is 28.4 Å². The topological polar surface area (TPSA) is 82.9 Å². The third-order valence-corrected chi connectivity index (χ3v) is 4.99. The van der Waals surface area contributed by atoms with Crippen LogP contribution >= 0.6 is 35.0 Å². The summed E-state index contributed by atoms with van der Waals surface area (Å²) >= 11 is 13.1. The molecule has 0 aromatic heterocycles. The minimum absolute atomic E-state index is 0.00314. The van der Waals surface area contributed by atoms with E-state index in [1.807, 2.05) is 6.92 Å². The number of carbonyl (C=O) groups is 2. The molecule has 0 unspecified atom stereocenters. The lowest BCUT2D eigenvalue weighted by Crippen LogP contribution is -2.28. The van der Waals surface area contributed by atoms with Crippen LogP contribution in [-0.2, 0) is 9.59 Å². The lowest BCUT2D eigenvalue weighted by atomic mass is 10.1. The van der Waals surface area contributed by atoms with Crippen molar-refractivity contribution in [1.29, 1.82) is 0 Å². The zero-order chi connectivity index (χ0) is 19.3. The van der Waals surface area contributed by atoms with Crippen molar-refractivity contribution >= 4 is 63.3 Å². The maximum absolute atomic E-state index is 12.2. The number of rotatable bonds is 6. The van der Waals surface area contributed by atoms with E-state index in [1.54, 1.807) is 12.1 Å². The minimum Gasteiger partial charge on any atom is -0.325 e. The van der Waals surface area contributed by atoms with Crippen molar-refractivity contribution in [3.8, 4) is 0 Å². The highest BCUT2D eigenvalue weighted by Gasteiger charge is 2.32. The van der Waals surface area contributed by atoms with Crippen LogP contribution in [0.4, 0.5) is 5.69 Å². The number of carbonyl (C=O) groups excluding carboxylic acids is 2. The molecule has 0 bridgehead atoms. The van der Waals surface area contributed by atoms with Crippen LogP contribution in [0.5, 0.6) is 0 Å². The quantitative estimate of drug-likeness (QED) is 0.536. The molecule has 0 saturated carbocycles. The second-order valence-electron chi connectivity index (χ2n) is 6.31. The summed E-state index contributed by atoms with van der Waals surface area (Å²) in [6, 6.07) is 4.78. The van der Waals surface area contributed by atoms with Crippen LogP contribution in [-0.4, -0.2) is 27.9 Å². The molecule has 0 aliphatic carbocycles. The van der Waals surface area contributed by atoms with Gasteiger partial charge in [0.15, 0.2) is 5.17 Å². The third kappa shape index (κ3) is 6.30. The van der Waals surface area contributed by atoms with E-state index in [-0.39, 0.29) is 18.2 Å². The summed E-state index contributed by atoms with van der Waals surface area (Å²) in [7, 11) is 0. The van der Waals surface area contributed by atoms with Gasteiger partial charge >= 0.3 is 0 Å². The number of nitrogens with zero attached hydrogens (tertiary/aromatic N) is 2. The lowest BCUT2D eigenvalue weighted by Gasteiger charge is -2.09. The Labute approximate surface area is 166 Å². The Morgan fingerprint density at radius 3 is 2.77 bits per heavy atom. The fourth-order valence-corrected chi connectivity index (χ4v) is 3.68. The Balaban J connectivity index is 1.93. The van der Waals surface area contributed by atoms with Crippen molar-refractivity contribution in [1.82, 2.24) is 5.32 Å². The van der Waals surface area contributed by atoms with Gasteiger partial charge in [-0.2, -0.15) is 5.10 Å². The van der Waals surface area contributed by atoms with Gasteiger partial charge in [0.2, 0.25) is 11.8 Å². The van der Waals surface area contributed by atoms with Gasteiger partial charge in [0.05, 0.1) is 10.7 Å². The first kappa shape index (κ1) is 20.7. The molecule has 2 rings (SSSR count). The van der Waals surface area contributed by atoms with Crippen molar-refractivity contribution in [3.63, 3.8) is 0 Å². The molecule has 1 heterocycles. The predicted octanol–water partition coefficient (Wildman–Crippen LogP) is 4.33. The average Bonchev–Trinajstić information content (AvgIpc) is 2.87. The Morgan fingerprint density at radius 2 is 2.12 bits per heavy atom. The SMILES string of the molecule is CC(CC(C)C)=NN=C1NC(=O)[C@@H](CC(=O)Nc2ccc(Cl)cc2Cl)S1. The smallest absolute Gasteiger partial charge is 0.240 e. The number of nitrogens with one attached hydrogen (secondary N) is 2. The number of amides is 2. The average molecular weight is 415 g/mol. The van der Waals surface area contributed by atoms with E-state index in [1.165, 1.54) is 17.8 Å². The zero-order valence-corrected chi connectivity index (χ0v) is 17.0. The molecule has 1 aliphatic heterocycles. The number of benzene rings is 1. The highest BCUT2D eigenvalue weighted by molar-refractivity contribution is 8.15. The fourth-order valence-electron chi connectivity index (χ4n) is 2.31. The third-order valence-electron chi connectivity index (χ3n) is 3.37. The van der Waals surface area contributed by atoms with Crippen molar-refractivity contribution in [2.45, 2.75) is 38.9 Å². The van der Waals surface area contributed by atoms with E-state index in [9.17, 15) is 9.59 Å². The zero-order valence-electron chi connectivity index (χ0n) is 14.7. The summed E-state index contributed by atoms with van der Waals surface area (Å²) in [5.41, 5.74) is 1.34. The van der Waals surface area contributed by atoms with Crippen LogP contribution in [0, 0.1) is 5.92 Å². The van der Waals surface area contributed by atoms with Crippen molar-refractivity contribution < 1.29 is 9.59 Å². The predicted molar refractivity (Wildman–Crippen MR) is 109 cm³/mol. The maximum atomic E-state index is 12.2. The molecular formula is C17H20Cl2N4O2S. The Bertz CT molecular complexity index is 765. The second kappa shape index (κ2) is 9.39. The molecule has 26 heavy (non-hydrogen) atoms. The summed E-state index contributed by atoms with van der Waals surface area (Å²) in [6.45, 7) is 6.09. The Hall–Kier alpha value is -1.57. The molecule has 0 radical (unpaired) electrons. The van der Waals surface area contributed by atoms with Gasteiger partial charge < -0.3 is 10.6 Å². The van der Waals surface area contributed by atoms with Crippen LogP contribution in [0.3, 0.4) is 0 Å². The maximum Gasteiger partial charge on any atom is 0.240 e. The number of hydrogen-bond acceptors (Lipinski definition) is 5. The van der Waals surface area contributed by atoms with Crippen LogP contribution in [0.2, 0.25) is 10.0 Å². The van der Waals surface area contributed by atoms with Crippen molar-refractivity contribution in [3.05, 3.63) is 28.2 Å². The number of anilines is 1. The second-order valence-corrected chi connectivity index (χ2v) is 8.35. The summed E-state index contributed by atoms with van der Waals surface area (Å²) in [6.07, 6.45) is 0.840. The number of thioether (sulfide) groups is 1. The van der Waals surface area contributed by atoms with Gasteiger partial charge in [-0.05, 0) is 37.5 Å². The molecule has 1 saturated heterocycles. The van der Waals surface area contributed by atoms with E-state index in [0.717, 1.165) is 12.1 Å². The summed E-state index contributed by atoms with van der Waals surface area (Å²) in [5.74, 6) is -0.0914. The number of hydrogen-bond donors (Lipinski definition) is 2. The molecular weight excluding hydrogens is 395 g/mol. The van der Waals surface area contributed by atoms with Crippen molar-refractivity contribution in [2.75, 3.05) is 5.32 Å². The largest absolute Gasteiger partial charge is 0.325 e. The fraction of sp³-hybridized carbons (Fsp3) is 0.412. The molecule has 1 fully saturated rings. The minimum atomic E-state index is -0.555. The van der Waals surface area contributed by atoms with Gasteiger partial charge in [-0.15, -0.1) is 5.10 Å². The molecule has 2 amide bonds. The van der Waals surface area contributed by atoms with Gasteiger partial charge in [-0.3, -0.25) is 9.59 Å². The van der Waals surface area contributed by atoms with Crippen molar-refractivity contribution in [2.24, 2.45) is 16.1 Å². The standard InChI is InChI=1S/C17H20Cl2N4O2S/c1-9(2)6-10(3)22-23-17-21-16(25)14(26-17)8-15(24)20-13-5-4-11(18)7-12(13)19/h4-5,7,9,14H,6,8H2,1-3H3,(H,20,24)(H,21,23,25)/t14-/m1/s1. The summed E-state index contributed by atoms with van der Waals surface area (Å²) < 4.78 is 0. The first-order chi connectivity index (χ1) is 12.2. The first-order valence-electron chi connectivity index (χ1n) is 8.08. The molecule has 1 atom stereocenters.